The molecule has 0 radical (unpaired) electrons. The second-order valence-corrected chi connectivity index (χ2v) is 3.82. The summed E-state index contributed by atoms with van der Waals surface area (Å²) in [5.41, 5.74) is 1.88. The molecule has 0 bridgehead atoms. The average molecular weight is 234 g/mol. The first-order chi connectivity index (χ1) is 8.24. The first-order valence-electron chi connectivity index (χ1n) is 5.52. The second kappa shape index (κ2) is 4.97. The molecule has 1 heterocycles. The van der Waals surface area contributed by atoms with Crippen molar-refractivity contribution in [3.63, 3.8) is 0 Å². The first-order valence-corrected chi connectivity index (χ1v) is 5.52. The Morgan fingerprint density at radius 3 is 2.88 bits per heavy atom. The Kier molecular flexibility index (Phi) is 3.39. The molecule has 90 valence electrons. The number of anilines is 1. The van der Waals surface area contributed by atoms with Gasteiger partial charge in [0.25, 0.3) is 0 Å². The number of para-hydroxylation sites is 1. The number of fused-ring (bicyclic) bond motifs is 1. The molecule has 0 saturated carbocycles. The van der Waals surface area contributed by atoms with Crippen LogP contribution in [0.2, 0.25) is 0 Å². The van der Waals surface area contributed by atoms with E-state index in [1.54, 1.807) is 0 Å². The number of benzene rings is 1. The fourth-order valence-electron chi connectivity index (χ4n) is 1.92. The van der Waals surface area contributed by atoms with Crippen LogP contribution in [-0.4, -0.2) is 36.6 Å². The number of hydrogen-bond acceptors (Lipinski definition) is 3. The van der Waals surface area contributed by atoms with Crippen molar-refractivity contribution in [1.82, 2.24) is 5.32 Å². The van der Waals surface area contributed by atoms with Crippen molar-refractivity contribution in [2.45, 2.75) is 6.42 Å². The highest BCUT2D eigenvalue weighted by molar-refractivity contribution is 6.40. The van der Waals surface area contributed by atoms with Gasteiger partial charge in [-0.1, -0.05) is 18.2 Å². The van der Waals surface area contributed by atoms with Crippen LogP contribution in [0.15, 0.2) is 24.3 Å². The highest BCUT2D eigenvalue weighted by Gasteiger charge is 2.28. The van der Waals surface area contributed by atoms with Crippen LogP contribution in [0.1, 0.15) is 5.56 Å². The Morgan fingerprint density at radius 2 is 2.12 bits per heavy atom. The van der Waals surface area contributed by atoms with Crippen LogP contribution >= 0.6 is 0 Å². The molecule has 2 rings (SSSR count). The Bertz CT molecular complexity index is 445. The van der Waals surface area contributed by atoms with Gasteiger partial charge in [-0.15, -0.1) is 0 Å². The number of amides is 2. The van der Waals surface area contributed by atoms with Crippen molar-refractivity contribution in [3.05, 3.63) is 29.8 Å². The van der Waals surface area contributed by atoms with E-state index in [2.05, 4.69) is 5.32 Å². The van der Waals surface area contributed by atoms with E-state index < -0.39 is 11.8 Å². The quantitative estimate of drug-likeness (QED) is 0.689. The highest BCUT2D eigenvalue weighted by atomic mass is 16.3. The lowest BCUT2D eigenvalue weighted by molar-refractivity contribution is -0.137. The standard InChI is InChI=1S/C12H14N2O3/c15-8-6-13-11(16)12(17)14-7-5-9-3-1-2-4-10(9)14/h1-4,15H,5-8H2,(H,13,16). The Hall–Kier alpha value is -1.88. The minimum atomic E-state index is -0.671. The zero-order valence-corrected chi connectivity index (χ0v) is 9.35. The van der Waals surface area contributed by atoms with Gasteiger partial charge in [-0.05, 0) is 18.1 Å². The molecule has 1 aliphatic heterocycles. The van der Waals surface area contributed by atoms with Crippen LogP contribution in [0.3, 0.4) is 0 Å². The fourth-order valence-corrected chi connectivity index (χ4v) is 1.92. The first kappa shape index (κ1) is 11.6. The summed E-state index contributed by atoms with van der Waals surface area (Å²) >= 11 is 0. The lowest BCUT2D eigenvalue weighted by Gasteiger charge is -2.16. The van der Waals surface area contributed by atoms with E-state index in [0.29, 0.717) is 6.54 Å². The summed E-state index contributed by atoms with van der Waals surface area (Å²) in [5.74, 6) is -1.24. The van der Waals surface area contributed by atoms with Gasteiger partial charge in [0, 0.05) is 18.8 Å². The van der Waals surface area contributed by atoms with Gasteiger partial charge < -0.3 is 15.3 Å². The van der Waals surface area contributed by atoms with Crippen molar-refractivity contribution < 1.29 is 14.7 Å². The predicted octanol–water partition coefficient (Wildman–Crippen LogP) is -0.316. The maximum absolute atomic E-state index is 11.8. The van der Waals surface area contributed by atoms with Crippen LogP contribution in [0, 0.1) is 0 Å². The summed E-state index contributed by atoms with van der Waals surface area (Å²) in [6.07, 6.45) is 0.773. The van der Waals surface area contributed by atoms with E-state index in [-0.39, 0.29) is 13.2 Å². The number of rotatable bonds is 2. The number of carbonyl (C=O) groups is 2. The molecule has 0 fully saturated rings. The molecule has 5 heteroatoms. The third-order valence-electron chi connectivity index (χ3n) is 2.72. The van der Waals surface area contributed by atoms with E-state index >= 15 is 0 Å². The molecule has 0 saturated heterocycles. The van der Waals surface area contributed by atoms with E-state index in [0.717, 1.165) is 17.7 Å². The van der Waals surface area contributed by atoms with Gasteiger partial charge in [-0.25, -0.2) is 0 Å². The van der Waals surface area contributed by atoms with Crippen LogP contribution in [0.5, 0.6) is 0 Å². The van der Waals surface area contributed by atoms with Gasteiger partial charge in [0.1, 0.15) is 0 Å². The van der Waals surface area contributed by atoms with Crippen molar-refractivity contribution in [3.8, 4) is 0 Å². The minimum Gasteiger partial charge on any atom is -0.395 e. The average Bonchev–Trinajstić information content (AvgIpc) is 2.78. The molecule has 1 aromatic rings. The van der Waals surface area contributed by atoms with Gasteiger partial charge in [-0.2, -0.15) is 0 Å². The van der Waals surface area contributed by atoms with Crippen LogP contribution in [0.25, 0.3) is 0 Å². The molecule has 0 unspecified atom stereocenters. The summed E-state index contributed by atoms with van der Waals surface area (Å²) in [5, 5.41) is 10.9. The molecule has 17 heavy (non-hydrogen) atoms. The molecule has 2 amide bonds. The number of nitrogens with zero attached hydrogens (tertiary/aromatic N) is 1. The zero-order chi connectivity index (χ0) is 12.3. The smallest absolute Gasteiger partial charge is 0.316 e. The molecule has 1 aliphatic rings. The number of aliphatic hydroxyl groups is 1. The van der Waals surface area contributed by atoms with Gasteiger partial charge >= 0.3 is 11.8 Å². The normalized spacial score (nSPS) is 13.4. The van der Waals surface area contributed by atoms with Gasteiger partial charge in [0.2, 0.25) is 0 Å². The van der Waals surface area contributed by atoms with E-state index in [9.17, 15) is 9.59 Å². The number of nitrogens with one attached hydrogen (secondary N) is 1. The SMILES string of the molecule is O=C(NCCO)C(=O)N1CCc2ccccc21. The van der Waals surface area contributed by atoms with E-state index in [1.807, 2.05) is 24.3 Å². The Balaban J connectivity index is 2.10. The summed E-state index contributed by atoms with van der Waals surface area (Å²) in [6, 6.07) is 7.54. The fraction of sp³-hybridized carbons (Fsp3) is 0.333. The third-order valence-corrected chi connectivity index (χ3v) is 2.72. The Labute approximate surface area is 99.0 Å². The minimum absolute atomic E-state index is 0.0973. The predicted molar refractivity (Wildman–Crippen MR) is 62.6 cm³/mol. The summed E-state index contributed by atoms with van der Waals surface area (Å²) in [6.45, 7) is 0.459. The van der Waals surface area contributed by atoms with Gasteiger partial charge in [0.05, 0.1) is 6.61 Å². The number of aliphatic hydroxyl groups excluding tert-OH is 1. The van der Waals surface area contributed by atoms with E-state index in [4.69, 9.17) is 5.11 Å². The van der Waals surface area contributed by atoms with Gasteiger partial charge in [-0.3, -0.25) is 9.59 Å². The molecule has 0 spiro atoms. The summed E-state index contributed by atoms with van der Waals surface area (Å²) < 4.78 is 0. The van der Waals surface area contributed by atoms with Crippen molar-refractivity contribution in [2.24, 2.45) is 0 Å². The van der Waals surface area contributed by atoms with Crippen molar-refractivity contribution in [1.29, 1.82) is 0 Å². The topological polar surface area (TPSA) is 69.6 Å². The molecule has 0 aliphatic carbocycles. The Morgan fingerprint density at radius 1 is 1.35 bits per heavy atom. The van der Waals surface area contributed by atoms with Crippen LogP contribution < -0.4 is 10.2 Å². The molecule has 1 aromatic carbocycles. The van der Waals surface area contributed by atoms with Crippen molar-refractivity contribution in [2.75, 3.05) is 24.6 Å². The second-order valence-electron chi connectivity index (χ2n) is 3.82. The number of hydrogen-bond donors (Lipinski definition) is 2. The maximum atomic E-state index is 11.8. The maximum Gasteiger partial charge on any atom is 0.316 e. The molecule has 5 nitrogen and oxygen atoms in total. The lowest BCUT2D eigenvalue weighted by Crippen LogP contribution is -2.43. The molecule has 2 N–H and O–H groups in total. The van der Waals surface area contributed by atoms with Crippen LogP contribution in [0.4, 0.5) is 5.69 Å². The zero-order valence-electron chi connectivity index (χ0n) is 9.35. The van der Waals surface area contributed by atoms with Gasteiger partial charge in [0.15, 0.2) is 0 Å². The lowest BCUT2D eigenvalue weighted by atomic mass is 10.2. The molecular weight excluding hydrogens is 220 g/mol. The molecular formula is C12H14N2O3. The highest BCUT2D eigenvalue weighted by Crippen LogP contribution is 2.27. The molecule has 0 aromatic heterocycles. The van der Waals surface area contributed by atoms with Crippen molar-refractivity contribution >= 4 is 17.5 Å². The molecule has 0 atom stereocenters. The summed E-state index contributed by atoms with van der Waals surface area (Å²) in [4.78, 5) is 24.8. The monoisotopic (exact) mass is 234 g/mol. The van der Waals surface area contributed by atoms with Crippen LogP contribution in [-0.2, 0) is 16.0 Å². The largest absolute Gasteiger partial charge is 0.395 e. The summed E-state index contributed by atoms with van der Waals surface area (Å²) in [7, 11) is 0. The number of carbonyl (C=O) groups excluding carboxylic acids is 2. The third kappa shape index (κ3) is 2.29. The van der Waals surface area contributed by atoms with E-state index in [1.165, 1.54) is 4.90 Å².